The lowest BCUT2D eigenvalue weighted by atomic mass is 9.88. The standard InChI is InChI=1S/C15H14N2O3/c1-15(2)14(19)13(17-9-16-8-7-12(17)18)10-5-3-4-6-11(10)20-15/h3-9,13H,1-2H3. The molecule has 1 aliphatic heterocycles. The van der Waals surface area contributed by atoms with E-state index in [9.17, 15) is 9.59 Å². The molecular weight excluding hydrogens is 256 g/mol. The summed E-state index contributed by atoms with van der Waals surface area (Å²) in [5.41, 5.74) is -0.549. The second-order valence-electron chi connectivity index (χ2n) is 5.24. The number of hydrogen-bond donors (Lipinski definition) is 0. The third kappa shape index (κ3) is 1.82. The summed E-state index contributed by atoms with van der Waals surface area (Å²) in [6.07, 6.45) is 2.81. The second kappa shape index (κ2) is 4.30. The Bertz CT molecular complexity index is 734. The largest absolute Gasteiger partial charge is 0.480 e. The van der Waals surface area contributed by atoms with Crippen LogP contribution in [0.3, 0.4) is 0 Å². The van der Waals surface area contributed by atoms with Gasteiger partial charge in [0, 0.05) is 17.8 Å². The topological polar surface area (TPSA) is 61.2 Å². The minimum Gasteiger partial charge on any atom is -0.480 e. The summed E-state index contributed by atoms with van der Waals surface area (Å²) in [4.78, 5) is 28.6. The maximum absolute atomic E-state index is 12.6. The van der Waals surface area contributed by atoms with Gasteiger partial charge in [-0.25, -0.2) is 4.98 Å². The number of hydrogen-bond acceptors (Lipinski definition) is 4. The van der Waals surface area contributed by atoms with E-state index in [2.05, 4.69) is 4.98 Å². The van der Waals surface area contributed by atoms with E-state index in [0.717, 1.165) is 0 Å². The number of ether oxygens (including phenoxy) is 1. The Morgan fingerprint density at radius 3 is 2.70 bits per heavy atom. The molecule has 0 amide bonds. The van der Waals surface area contributed by atoms with Gasteiger partial charge in [-0.1, -0.05) is 18.2 Å². The van der Waals surface area contributed by atoms with Crippen molar-refractivity contribution >= 4 is 5.78 Å². The maximum Gasteiger partial charge on any atom is 0.254 e. The van der Waals surface area contributed by atoms with Gasteiger partial charge in [0.15, 0.2) is 5.60 Å². The van der Waals surface area contributed by atoms with Gasteiger partial charge in [0.05, 0.1) is 6.33 Å². The zero-order valence-corrected chi connectivity index (χ0v) is 11.2. The normalized spacial score (nSPS) is 20.1. The lowest BCUT2D eigenvalue weighted by Crippen LogP contribution is -2.48. The van der Waals surface area contributed by atoms with Crippen molar-refractivity contribution in [3.05, 3.63) is 58.8 Å². The molecule has 0 radical (unpaired) electrons. The summed E-state index contributed by atoms with van der Waals surface area (Å²) in [6, 6.07) is 7.91. The zero-order chi connectivity index (χ0) is 14.3. The Hall–Kier alpha value is -2.43. The monoisotopic (exact) mass is 270 g/mol. The molecule has 0 saturated carbocycles. The van der Waals surface area contributed by atoms with Crippen LogP contribution >= 0.6 is 0 Å². The molecular formula is C15H14N2O3. The summed E-state index contributed by atoms with van der Waals surface area (Å²) in [5.74, 6) is 0.462. The van der Waals surface area contributed by atoms with E-state index in [4.69, 9.17) is 4.74 Å². The first kappa shape index (κ1) is 12.6. The van der Waals surface area contributed by atoms with E-state index in [1.165, 1.54) is 23.2 Å². The van der Waals surface area contributed by atoms with Crippen LogP contribution in [0.5, 0.6) is 5.75 Å². The highest BCUT2D eigenvalue weighted by Crippen LogP contribution is 2.38. The Balaban J connectivity index is 2.26. The molecule has 1 aliphatic rings. The SMILES string of the molecule is CC1(C)Oc2ccccc2C(n2cnccc2=O)C1=O. The molecule has 1 aromatic heterocycles. The van der Waals surface area contributed by atoms with Crippen LogP contribution in [-0.4, -0.2) is 20.9 Å². The van der Waals surface area contributed by atoms with E-state index in [1.807, 2.05) is 12.1 Å². The molecule has 0 bridgehead atoms. The first-order valence-corrected chi connectivity index (χ1v) is 6.35. The quantitative estimate of drug-likeness (QED) is 0.789. The van der Waals surface area contributed by atoms with Gasteiger partial charge in [0.25, 0.3) is 5.56 Å². The van der Waals surface area contributed by atoms with Crippen molar-refractivity contribution in [2.75, 3.05) is 0 Å². The number of ketones is 1. The fourth-order valence-electron chi connectivity index (χ4n) is 2.43. The van der Waals surface area contributed by atoms with Gasteiger partial charge in [-0.3, -0.25) is 14.2 Å². The first-order valence-electron chi connectivity index (χ1n) is 6.35. The van der Waals surface area contributed by atoms with E-state index >= 15 is 0 Å². The minimum atomic E-state index is -0.978. The molecule has 0 aliphatic carbocycles. The molecule has 2 heterocycles. The van der Waals surface area contributed by atoms with Crippen LogP contribution in [0.25, 0.3) is 0 Å². The molecule has 1 unspecified atom stereocenters. The maximum atomic E-state index is 12.6. The van der Waals surface area contributed by atoms with Crippen LogP contribution in [-0.2, 0) is 4.79 Å². The van der Waals surface area contributed by atoms with Gasteiger partial charge < -0.3 is 4.74 Å². The van der Waals surface area contributed by atoms with Crippen LogP contribution in [0.2, 0.25) is 0 Å². The highest BCUT2D eigenvalue weighted by Gasteiger charge is 2.43. The van der Waals surface area contributed by atoms with Gasteiger partial charge in [0.2, 0.25) is 5.78 Å². The third-order valence-corrected chi connectivity index (χ3v) is 3.45. The molecule has 2 aromatic rings. The molecule has 5 nitrogen and oxygen atoms in total. The third-order valence-electron chi connectivity index (χ3n) is 3.45. The van der Waals surface area contributed by atoms with Crippen molar-refractivity contribution < 1.29 is 9.53 Å². The lowest BCUT2D eigenvalue weighted by Gasteiger charge is -2.36. The van der Waals surface area contributed by atoms with Crippen LogP contribution < -0.4 is 10.3 Å². The summed E-state index contributed by atoms with van der Waals surface area (Å²) >= 11 is 0. The number of para-hydroxylation sites is 1. The van der Waals surface area contributed by atoms with Crippen LogP contribution in [0, 0.1) is 0 Å². The molecule has 5 heteroatoms. The van der Waals surface area contributed by atoms with Gasteiger partial charge in [-0.15, -0.1) is 0 Å². The predicted molar refractivity (Wildman–Crippen MR) is 72.8 cm³/mol. The summed E-state index contributed by atoms with van der Waals surface area (Å²) in [6.45, 7) is 3.42. The van der Waals surface area contributed by atoms with Gasteiger partial charge >= 0.3 is 0 Å². The molecule has 0 fully saturated rings. The highest BCUT2D eigenvalue weighted by atomic mass is 16.5. The average Bonchev–Trinajstić information content (AvgIpc) is 2.41. The molecule has 20 heavy (non-hydrogen) atoms. The Morgan fingerprint density at radius 2 is 1.95 bits per heavy atom. The molecule has 1 atom stereocenters. The Labute approximate surface area is 115 Å². The number of carbonyl (C=O) groups excluding carboxylic acids is 1. The zero-order valence-electron chi connectivity index (χ0n) is 11.2. The van der Waals surface area contributed by atoms with E-state index in [0.29, 0.717) is 11.3 Å². The Kier molecular flexibility index (Phi) is 2.71. The van der Waals surface area contributed by atoms with E-state index in [-0.39, 0.29) is 11.3 Å². The first-order chi connectivity index (χ1) is 9.50. The number of Topliss-reactive ketones (excluding diaryl/α,β-unsaturated/α-hetero) is 1. The summed E-state index contributed by atoms with van der Waals surface area (Å²) < 4.78 is 7.09. The van der Waals surface area contributed by atoms with Crippen molar-refractivity contribution in [2.24, 2.45) is 0 Å². The smallest absolute Gasteiger partial charge is 0.254 e. The molecule has 102 valence electrons. The van der Waals surface area contributed by atoms with Crippen LogP contribution in [0.15, 0.2) is 47.7 Å². The number of rotatable bonds is 1. The average molecular weight is 270 g/mol. The van der Waals surface area contributed by atoms with Crippen molar-refractivity contribution in [1.29, 1.82) is 0 Å². The van der Waals surface area contributed by atoms with Gasteiger partial charge in [-0.05, 0) is 19.9 Å². The molecule has 3 rings (SSSR count). The van der Waals surface area contributed by atoms with Gasteiger partial charge in [0.1, 0.15) is 11.8 Å². The lowest BCUT2D eigenvalue weighted by molar-refractivity contribution is -0.136. The number of carbonyl (C=O) groups is 1. The van der Waals surface area contributed by atoms with Crippen molar-refractivity contribution in [2.45, 2.75) is 25.5 Å². The second-order valence-corrected chi connectivity index (χ2v) is 5.24. The van der Waals surface area contributed by atoms with Crippen LogP contribution in [0.1, 0.15) is 25.5 Å². The van der Waals surface area contributed by atoms with Crippen LogP contribution in [0.4, 0.5) is 0 Å². The number of fused-ring (bicyclic) bond motifs is 1. The molecule has 1 aromatic carbocycles. The number of nitrogens with zero attached hydrogens (tertiary/aromatic N) is 2. The van der Waals surface area contributed by atoms with E-state index in [1.54, 1.807) is 26.0 Å². The number of benzene rings is 1. The Morgan fingerprint density at radius 1 is 1.20 bits per heavy atom. The van der Waals surface area contributed by atoms with Crippen molar-refractivity contribution in [3.63, 3.8) is 0 Å². The fourth-order valence-corrected chi connectivity index (χ4v) is 2.43. The minimum absolute atomic E-state index is 0.161. The molecule has 0 N–H and O–H groups in total. The molecule has 0 saturated heterocycles. The van der Waals surface area contributed by atoms with Crippen molar-refractivity contribution in [3.8, 4) is 5.75 Å². The molecule has 0 spiro atoms. The van der Waals surface area contributed by atoms with E-state index < -0.39 is 11.6 Å². The summed E-state index contributed by atoms with van der Waals surface area (Å²) in [7, 11) is 0. The number of aromatic nitrogens is 2. The highest BCUT2D eigenvalue weighted by molar-refractivity contribution is 5.94. The van der Waals surface area contributed by atoms with Gasteiger partial charge in [-0.2, -0.15) is 0 Å². The van der Waals surface area contributed by atoms with Crippen molar-refractivity contribution in [1.82, 2.24) is 9.55 Å². The predicted octanol–water partition coefficient (Wildman–Crippen LogP) is 1.57. The fraction of sp³-hybridized carbons (Fsp3) is 0.267. The summed E-state index contributed by atoms with van der Waals surface area (Å²) in [5, 5.41) is 0.